The maximum atomic E-state index is 11.7. The summed E-state index contributed by atoms with van der Waals surface area (Å²) < 4.78 is 0. The Morgan fingerprint density at radius 3 is 2.40 bits per heavy atom. The Morgan fingerprint density at radius 2 is 1.85 bits per heavy atom. The number of ketones is 1. The first-order valence-corrected chi connectivity index (χ1v) is 6.72. The maximum absolute atomic E-state index is 11.7. The predicted octanol–water partition coefficient (Wildman–Crippen LogP) is 3.31. The quantitative estimate of drug-likeness (QED) is 0.802. The summed E-state index contributed by atoms with van der Waals surface area (Å²) >= 11 is 0. The molecule has 0 spiro atoms. The first kappa shape index (κ1) is 16.2. The van der Waals surface area contributed by atoms with Crippen LogP contribution >= 0.6 is 0 Å². The Morgan fingerprint density at radius 1 is 1.20 bits per heavy atom. The van der Waals surface area contributed by atoms with Gasteiger partial charge in [0.05, 0.1) is 0 Å². The van der Waals surface area contributed by atoms with Crippen molar-refractivity contribution in [2.24, 2.45) is 10.8 Å². The van der Waals surface area contributed by atoms with Gasteiger partial charge in [0.15, 0.2) is 5.78 Å². The zero-order chi connectivity index (χ0) is 15.4. The van der Waals surface area contributed by atoms with Gasteiger partial charge in [0.1, 0.15) is 0 Å². The molecule has 0 fully saturated rings. The van der Waals surface area contributed by atoms with Crippen LogP contribution in [0.3, 0.4) is 0 Å². The van der Waals surface area contributed by atoms with Crippen molar-refractivity contribution in [1.29, 1.82) is 0 Å². The molecule has 108 valence electrons. The van der Waals surface area contributed by atoms with Crippen LogP contribution in [0.4, 0.5) is 0 Å². The van der Waals surface area contributed by atoms with E-state index in [-0.39, 0.29) is 22.5 Å². The van der Waals surface area contributed by atoms with Gasteiger partial charge in [-0.05, 0) is 24.5 Å². The largest absolute Gasteiger partial charge is 0.323 e. The molecule has 0 bridgehead atoms. The monoisotopic (exact) mass is 273 g/mol. The summed E-state index contributed by atoms with van der Waals surface area (Å²) in [4.78, 5) is 22.6. The van der Waals surface area contributed by atoms with Crippen LogP contribution in [-0.2, 0) is 9.59 Å². The van der Waals surface area contributed by atoms with Gasteiger partial charge < -0.3 is 5.32 Å². The average Bonchev–Trinajstić information content (AvgIpc) is 2.48. The zero-order valence-electron chi connectivity index (χ0n) is 12.9. The number of amides is 1. The highest BCUT2D eigenvalue weighted by atomic mass is 16.1. The van der Waals surface area contributed by atoms with Gasteiger partial charge in [-0.1, -0.05) is 52.0 Å². The molecule has 1 N–H and O–H groups in total. The highest BCUT2D eigenvalue weighted by molar-refractivity contribution is 5.97. The average molecular weight is 273 g/mol. The zero-order valence-corrected chi connectivity index (χ0v) is 12.9. The van der Waals surface area contributed by atoms with Gasteiger partial charge in [-0.3, -0.25) is 9.59 Å². The molecular weight excluding hydrogens is 250 g/mol. The van der Waals surface area contributed by atoms with Gasteiger partial charge in [0.25, 0.3) is 0 Å². The Bertz CT molecular complexity index is 516. The van der Waals surface area contributed by atoms with E-state index in [1.54, 1.807) is 0 Å². The van der Waals surface area contributed by atoms with E-state index in [1.807, 2.05) is 24.3 Å². The summed E-state index contributed by atoms with van der Waals surface area (Å²) in [6, 6.07) is 0. The Kier molecular flexibility index (Phi) is 4.88. The summed E-state index contributed by atoms with van der Waals surface area (Å²) in [6.45, 7) is 10.0. The molecule has 3 heteroatoms. The number of carbonyl (C=O) groups excluding carboxylic acids is 2. The molecule has 0 aromatic carbocycles. The third-order valence-electron chi connectivity index (χ3n) is 3.64. The third kappa shape index (κ3) is 4.34. The number of hydrogen-bond acceptors (Lipinski definition) is 2. The second-order valence-corrected chi connectivity index (χ2v) is 6.28. The van der Waals surface area contributed by atoms with Crippen LogP contribution in [-0.4, -0.2) is 11.7 Å². The van der Waals surface area contributed by atoms with Crippen molar-refractivity contribution in [2.45, 2.75) is 34.6 Å². The van der Waals surface area contributed by atoms with Gasteiger partial charge in [0, 0.05) is 17.2 Å². The van der Waals surface area contributed by atoms with Crippen LogP contribution in [0.5, 0.6) is 0 Å². The molecule has 0 saturated carbocycles. The van der Waals surface area contributed by atoms with Crippen molar-refractivity contribution in [3.63, 3.8) is 0 Å². The smallest absolute Gasteiger partial charge is 0.248 e. The molecule has 1 rings (SSSR count). The molecular formula is C17H23NO2. The van der Waals surface area contributed by atoms with Gasteiger partial charge in [-0.2, -0.15) is 0 Å². The lowest BCUT2D eigenvalue weighted by Gasteiger charge is -2.37. The van der Waals surface area contributed by atoms with Crippen molar-refractivity contribution >= 4 is 11.7 Å². The highest BCUT2D eigenvalue weighted by Gasteiger charge is 2.33. The minimum absolute atomic E-state index is 0.0285. The number of rotatable bonds is 3. The molecule has 1 atom stereocenters. The van der Waals surface area contributed by atoms with Crippen molar-refractivity contribution < 1.29 is 9.59 Å². The summed E-state index contributed by atoms with van der Waals surface area (Å²) in [5, 5.41) is 2.80. The van der Waals surface area contributed by atoms with E-state index >= 15 is 0 Å². The number of allylic oxidation sites excluding steroid dienone is 6. The SMILES string of the molecule is CC(=O)/C=C\C(=O)NC1=CC(C)(C(C)(C)C)C=CC=C1. The van der Waals surface area contributed by atoms with Crippen molar-refractivity contribution in [2.75, 3.05) is 0 Å². The molecule has 1 aliphatic carbocycles. The molecule has 0 aromatic rings. The topological polar surface area (TPSA) is 46.2 Å². The highest BCUT2D eigenvalue weighted by Crippen LogP contribution is 2.42. The van der Waals surface area contributed by atoms with Crippen molar-refractivity contribution in [3.05, 3.63) is 48.2 Å². The standard InChI is InChI=1S/C17H23NO2/c1-13(19)9-10-15(20)18-14-8-6-7-11-17(5,12-14)16(2,3)4/h6-12H,1-5H3,(H,18,20)/b10-9-. The van der Waals surface area contributed by atoms with Crippen LogP contribution in [0, 0.1) is 10.8 Å². The molecule has 20 heavy (non-hydrogen) atoms. The molecule has 0 radical (unpaired) electrons. The summed E-state index contributed by atoms with van der Waals surface area (Å²) in [7, 11) is 0. The first-order chi connectivity index (χ1) is 9.14. The van der Waals surface area contributed by atoms with Crippen LogP contribution < -0.4 is 5.32 Å². The second kappa shape index (κ2) is 6.04. The Balaban J connectivity index is 2.95. The molecule has 1 amide bonds. The van der Waals surface area contributed by atoms with Crippen molar-refractivity contribution in [1.82, 2.24) is 5.32 Å². The lowest BCUT2D eigenvalue weighted by atomic mass is 9.67. The van der Waals surface area contributed by atoms with Gasteiger partial charge in [-0.15, -0.1) is 0 Å². The van der Waals surface area contributed by atoms with Crippen molar-refractivity contribution in [3.8, 4) is 0 Å². The van der Waals surface area contributed by atoms with E-state index in [4.69, 9.17) is 0 Å². The lowest BCUT2D eigenvalue weighted by Crippen LogP contribution is -2.30. The van der Waals surface area contributed by atoms with E-state index in [0.29, 0.717) is 0 Å². The molecule has 3 nitrogen and oxygen atoms in total. The minimum atomic E-state index is -0.297. The molecule has 0 saturated heterocycles. The third-order valence-corrected chi connectivity index (χ3v) is 3.64. The van der Waals surface area contributed by atoms with Gasteiger partial charge >= 0.3 is 0 Å². The summed E-state index contributed by atoms with van der Waals surface area (Å²) in [6.07, 6.45) is 12.4. The van der Waals surface area contributed by atoms with Crippen LogP contribution in [0.1, 0.15) is 34.6 Å². The number of nitrogens with one attached hydrogen (secondary N) is 1. The van der Waals surface area contributed by atoms with Crippen LogP contribution in [0.15, 0.2) is 48.2 Å². The fourth-order valence-corrected chi connectivity index (χ4v) is 1.76. The van der Waals surface area contributed by atoms with Gasteiger partial charge in [-0.25, -0.2) is 0 Å². The number of carbonyl (C=O) groups is 2. The van der Waals surface area contributed by atoms with E-state index in [0.717, 1.165) is 5.70 Å². The van der Waals surface area contributed by atoms with E-state index in [2.05, 4.69) is 39.1 Å². The summed E-state index contributed by atoms with van der Waals surface area (Å²) in [5.74, 6) is -0.444. The lowest BCUT2D eigenvalue weighted by molar-refractivity contribution is -0.116. The predicted molar refractivity (Wildman–Crippen MR) is 81.9 cm³/mol. The van der Waals surface area contributed by atoms with E-state index in [1.165, 1.54) is 19.1 Å². The van der Waals surface area contributed by atoms with Gasteiger partial charge in [0.2, 0.25) is 5.91 Å². The minimum Gasteiger partial charge on any atom is -0.323 e. The van der Waals surface area contributed by atoms with Crippen LogP contribution in [0.25, 0.3) is 0 Å². The van der Waals surface area contributed by atoms with E-state index in [9.17, 15) is 9.59 Å². The van der Waals surface area contributed by atoms with Crippen LogP contribution in [0.2, 0.25) is 0 Å². The fraction of sp³-hybridized carbons (Fsp3) is 0.412. The molecule has 0 heterocycles. The molecule has 1 unspecified atom stereocenters. The molecule has 0 aromatic heterocycles. The fourth-order valence-electron chi connectivity index (χ4n) is 1.76. The molecule has 1 aliphatic rings. The number of hydrogen-bond donors (Lipinski definition) is 1. The second-order valence-electron chi connectivity index (χ2n) is 6.28. The van der Waals surface area contributed by atoms with E-state index < -0.39 is 0 Å². The Labute approximate surface area is 121 Å². The normalized spacial score (nSPS) is 22.6. The molecule has 0 aliphatic heterocycles. The maximum Gasteiger partial charge on any atom is 0.248 e. The Hall–Kier alpha value is -1.90. The summed E-state index contributed by atoms with van der Waals surface area (Å²) in [5.41, 5.74) is 0.607. The first-order valence-electron chi connectivity index (χ1n) is 6.72.